The van der Waals surface area contributed by atoms with E-state index in [1.807, 2.05) is 48.5 Å². The van der Waals surface area contributed by atoms with E-state index < -0.39 is 23.2 Å². The summed E-state index contributed by atoms with van der Waals surface area (Å²) < 4.78 is 0. The molecule has 2 N–H and O–H groups in total. The van der Waals surface area contributed by atoms with Gasteiger partial charge in [-0.05, 0) is 46.5 Å². The van der Waals surface area contributed by atoms with Crippen molar-refractivity contribution in [2.45, 2.75) is 11.3 Å². The fourth-order valence-electron chi connectivity index (χ4n) is 6.84. The first-order chi connectivity index (χ1) is 19.4. The van der Waals surface area contributed by atoms with Crippen molar-refractivity contribution in [1.29, 1.82) is 0 Å². The van der Waals surface area contributed by atoms with Gasteiger partial charge in [-0.2, -0.15) is 5.10 Å². The zero-order chi connectivity index (χ0) is 27.6. The second-order valence-corrected chi connectivity index (χ2v) is 10.6. The van der Waals surface area contributed by atoms with Crippen LogP contribution in [0.4, 0.5) is 5.69 Å². The Hall–Kier alpha value is -4.75. The van der Waals surface area contributed by atoms with E-state index in [1.165, 1.54) is 17.0 Å². The molecule has 196 valence electrons. The maximum atomic E-state index is 14.3. The Morgan fingerprint density at radius 1 is 0.850 bits per heavy atom. The molecule has 0 saturated carbocycles. The molecule has 0 aromatic heterocycles. The molecular weight excluding hydrogens is 526 g/mol. The molecule has 0 spiro atoms. The van der Waals surface area contributed by atoms with Gasteiger partial charge < -0.3 is 5.11 Å². The molecule has 3 aliphatic carbocycles. The number of halogens is 1. The van der Waals surface area contributed by atoms with Gasteiger partial charge in [0.15, 0.2) is 0 Å². The first-order valence-corrected chi connectivity index (χ1v) is 13.3. The molecule has 2 atom stereocenters. The van der Waals surface area contributed by atoms with Gasteiger partial charge in [0.1, 0.15) is 5.75 Å². The monoisotopic (exact) mass is 547 g/mol. The summed E-state index contributed by atoms with van der Waals surface area (Å²) in [5.74, 6) is -3.27. The van der Waals surface area contributed by atoms with Crippen molar-refractivity contribution in [2.24, 2.45) is 16.9 Å². The number of benzene rings is 4. The number of hydrazone groups is 1. The van der Waals surface area contributed by atoms with Gasteiger partial charge in [-0.25, -0.2) is 10.3 Å². The summed E-state index contributed by atoms with van der Waals surface area (Å²) in [6.07, 6.45) is 1.58. The quantitative estimate of drug-likeness (QED) is 0.213. The standard InChI is InChI=1S/C32H22ClN3O4/c33-23-14-6-7-15-24(23)36-30(39)27-26-18-9-1-4-12-21(18)32(28(27)31(36)40,22-13-5-2-10-19(22)26)17-34-35-29(38)20-11-3-8-16-25(20)37/h1-17,26-28,37H,(H,35,38). The van der Waals surface area contributed by atoms with Gasteiger partial charge in [-0.1, -0.05) is 84.4 Å². The van der Waals surface area contributed by atoms with E-state index in [2.05, 4.69) is 10.5 Å². The molecule has 3 amide bonds. The van der Waals surface area contributed by atoms with Crippen LogP contribution < -0.4 is 10.3 Å². The second-order valence-electron chi connectivity index (χ2n) is 10.2. The highest BCUT2D eigenvalue weighted by atomic mass is 35.5. The zero-order valence-corrected chi connectivity index (χ0v) is 21.7. The molecule has 1 aliphatic heterocycles. The summed E-state index contributed by atoms with van der Waals surface area (Å²) in [5, 5.41) is 14.8. The SMILES string of the molecule is O=C(NN=CC12c3ccccc3C(c3ccccc31)C1C(=O)N(c3ccccc3Cl)C(=O)C12)c1ccccc1O. The lowest BCUT2D eigenvalue weighted by Gasteiger charge is -2.52. The van der Waals surface area contributed by atoms with Crippen molar-refractivity contribution in [3.63, 3.8) is 0 Å². The first-order valence-electron chi connectivity index (χ1n) is 12.9. The maximum Gasteiger partial charge on any atom is 0.275 e. The summed E-state index contributed by atoms with van der Waals surface area (Å²) >= 11 is 6.48. The number of nitrogens with zero attached hydrogens (tertiary/aromatic N) is 2. The van der Waals surface area contributed by atoms with Crippen LogP contribution in [-0.4, -0.2) is 29.0 Å². The highest BCUT2D eigenvalue weighted by molar-refractivity contribution is 6.36. The third-order valence-electron chi connectivity index (χ3n) is 8.36. The Morgan fingerprint density at radius 2 is 1.45 bits per heavy atom. The van der Waals surface area contributed by atoms with Gasteiger partial charge in [-0.3, -0.25) is 14.4 Å². The lowest BCUT2D eigenvalue weighted by molar-refractivity contribution is -0.122. The third kappa shape index (κ3) is 3.18. The van der Waals surface area contributed by atoms with Crippen LogP contribution in [0.1, 0.15) is 38.5 Å². The number of anilines is 1. The highest BCUT2D eigenvalue weighted by Gasteiger charge is 2.68. The molecule has 8 rings (SSSR count). The van der Waals surface area contributed by atoms with E-state index in [1.54, 1.807) is 42.6 Å². The fourth-order valence-corrected chi connectivity index (χ4v) is 7.06. The number of phenolic OH excluding ortho intramolecular Hbond substituents is 1. The molecule has 1 fully saturated rings. The molecule has 40 heavy (non-hydrogen) atoms. The van der Waals surface area contributed by atoms with Crippen LogP contribution in [0.3, 0.4) is 0 Å². The summed E-state index contributed by atoms with van der Waals surface area (Å²) in [7, 11) is 0. The fraction of sp³-hybridized carbons (Fsp3) is 0.125. The molecule has 2 bridgehead atoms. The van der Waals surface area contributed by atoms with E-state index in [9.17, 15) is 19.5 Å². The molecule has 4 aromatic rings. The van der Waals surface area contributed by atoms with Crippen molar-refractivity contribution in [3.05, 3.63) is 130 Å². The Bertz CT molecular complexity index is 1720. The summed E-state index contributed by atoms with van der Waals surface area (Å²) in [5.41, 5.74) is 5.42. The minimum atomic E-state index is -1.14. The maximum absolute atomic E-state index is 14.3. The number of aromatic hydroxyl groups is 1. The Labute approximate surface area is 234 Å². The molecule has 7 nitrogen and oxygen atoms in total. The number of carbonyl (C=O) groups excluding carboxylic acids is 3. The second kappa shape index (κ2) is 8.89. The van der Waals surface area contributed by atoms with Crippen LogP contribution in [0.15, 0.2) is 102 Å². The first kappa shape index (κ1) is 24.3. The predicted molar refractivity (Wildman–Crippen MR) is 150 cm³/mol. The van der Waals surface area contributed by atoms with Gasteiger partial charge in [0.2, 0.25) is 11.8 Å². The average molecular weight is 548 g/mol. The van der Waals surface area contributed by atoms with Crippen LogP contribution in [0.2, 0.25) is 5.02 Å². The Balaban J connectivity index is 1.42. The molecular formula is C32H22ClN3O4. The van der Waals surface area contributed by atoms with Crippen molar-refractivity contribution in [2.75, 3.05) is 4.90 Å². The van der Waals surface area contributed by atoms with Crippen LogP contribution in [0.25, 0.3) is 0 Å². The zero-order valence-electron chi connectivity index (χ0n) is 21.0. The number of imide groups is 1. The van der Waals surface area contributed by atoms with E-state index in [0.29, 0.717) is 10.7 Å². The van der Waals surface area contributed by atoms with Crippen molar-refractivity contribution < 1.29 is 19.5 Å². The van der Waals surface area contributed by atoms with Gasteiger partial charge in [0.05, 0.1) is 33.5 Å². The smallest absolute Gasteiger partial charge is 0.275 e. The number of hydrogen-bond donors (Lipinski definition) is 2. The van der Waals surface area contributed by atoms with Crippen LogP contribution in [0, 0.1) is 11.8 Å². The molecule has 4 aromatic carbocycles. The number of nitrogens with one attached hydrogen (secondary N) is 1. The van der Waals surface area contributed by atoms with Crippen LogP contribution >= 0.6 is 11.6 Å². The summed E-state index contributed by atoms with van der Waals surface area (Å²) in [6.45, 7) is 0. The van der Waals surface area contributed by atoms with Crippen LogP contribution in [-0.2, 0) is 15.0 Å². The molecule has 8 heteroatoms. The minimum Gasteiger partial charge on any atom is -0.507 e. The van der Waals surface area contributed by atoms with E-state index in [4.69, 9.17) is 11.6 Å². The Kier molecular flexibility index (Phi) is 5.40. The molecule has 2 unspecified atom stereocenters. The van der Waals surface area contributed by atoms with E-state index in [-0.39, 0.29) is 29.0 Å². The largest absolute Gasteiger partial charge is 0.507 e. The minimum absolute atomic E-state index is 0.0696. The number of phenols is 1. The lowest BCUT2D eigenvalue weighted by atomic mass is 9.47. The van der Waals surface area contributed by atoms with Gasteiger partial charge in [0, 0.05) is 12.1 Å². The number of carbonyl (C=O) groups is 3. The van der Waals surface area contributed by atoms with Gasteiger partial charge in [-0.15, -0.1) is 0 Å². The van der Waals surface area contributed by atoms with Gasteiger partial charge in [0.25, 0.3) is 5.91 Å². The normalized spacial score (nSPS) is 24.1. The number of amides is 3. The number of rotatable bonds is 4. The van der Waals surface area contributed by atoms with E-state index in [0.717, 1.165) is 22.3 Å². The van der Waals surface area contributed by atoms with Crippen molar-refractivity contribution >= 4 is 41.2 Å². The average Bonchev–Trinajstić information content (AvgIpc) is 3.24. The molecule has 1 saturated heterocycles. The van der Waals surface area contributed by atoms with Crippen LogP contribution in [0.5, 0.6) is 5.75 Å². The summed E-state index contributed by atoms with van der Waals surface area (Å²) in [6, 6.07) is 28.6. The lowest BCUT2D eigenvalue weighted by Crippen LogP contribution is -2.54. The molecule has 4 aliphatic rings. The topological polar surface area (TPSA) is 99.1 Å². The molecule has 1 heterocycles. The van der Waals surface area contributed by atoms with Crippen molar-refractivity contribution in [3.8, 4) is 5.75 Å². The van der Waals surface area contributed by atoms with Crippen molar-refractivity contribution in [1.82, 2.24) is 5.43 Å². The third-order valence-corrected chi connectivity index (χ3v) is 8.68. The number of hydrogen-bond acceptors (Lipinski definition) is 5. The number of para-hydroxylation sites is 2. The highest BCUT2D eigenvalue weighted by Crippen LogP contribution is 2.63. The predicted octanol–water partition coefficient (Wildman–Crippen LogP) is 5.01. The van der Waals surface area contributed by atoms with E-state index >= 15 is 0 Å². The Morgan fingerprint density at radius 3 is 2.12 bits per heavy atom. The molecule has 0 radical (unpaired) electrons. The van der Waals surface area contributed by atoms with Gasteiger partial charge >= 0.3 is 0 Å². The summed E-state index contributed by atoms with van der Waals surface area (Å²) in [4.78, 5) is 42.6.